The van der Waals surface area contributed by atoms with Crippen LogP contribution in [0.15, 0.2) is 75.9 Å². The Hall–Kier alpha value is -3.63. The van der Waals surface area contributed by atoms with Crippen LogP contribution in [0.1, 0.15) is 41.9 Å². The molecule has 1 aliphatic heterocycles. The minimum absolute atomic E-state index is 0.0323. The number of piperidine rings is 1. The zero-order valence-electron chi connectivity index (χ0n) is 25.1. The number of benzene rings is 3. The standard InChI is InChI=1S/C34H42N2O7/c1-38-18-5-17-36-30-21-25(9-14-32(30)43-34(36)37)23-42-33-22-35-16-15-29(33)26-10-12-28(13-11-26)41-20-6-19-40-24-27-7-3-4-8-31(27)39-2/h3-4,7-14,21,29,33,35H,5-6,15-20,22-24H2,1-2H3. The second-order valence-electron chi connectivity index (χ2n) is 10.8. The molecule has 3 aromatic carbocycles. The van der Waals surface area contributed by atoms with Gasteiger partial charge in [-0.05, 0) is 60.8 Å². The Morgan fingerprint density at radius 3 is 2.65 bits per heavy atom. The van der Waals surface area contributed by atoms with Gasteiger partial charge in [0.15, 0.2) is 5.58 Å². The van der Waals surface area contributed by atoms with E-state index >= 15 is 0 Å². The fraction of sp³-hybridized carbons (Fsp3) is 0.441. The summed E-state index contributed by atoms with van der Waals surface area (Å²) in [5.74, 6) is 1.64. The number of rotatable bonds is 16. The van der Waals surface area contributed by atoms with Crippen molar-refractivity contribution in [1.29, 1.82) is 0 Å². The van der Waals surface area contributed by atoms with Gasteiger partial charge in [-0.15, -0.1) is 0 Å². The number of hydrogen-bond donors (Lipinski definition) is 1. The van der Waals surface area contributed by atoms with Crippen LogP contribution in [0.3, 0.4) is 0 Å². The van der Waals surface area contributed by atoms with Gasteiger partial charge in [-0.2, -0.15) is 0 Å². The number of aryl methyl sites for hydroxylation is 1. The summed E-state index contributed by atoms with van der Waals surface area (Å²) in [6, 6.07) is 22.1. The summed E-state index contributed by atoms with van der Waals surface area (Å²) in [7, 11) is 3.33. The fourth-order valence-electron chi connectivity index (χ4n) is 5.53. The molecule has 0 saturated carbocycles. The highest BCUT2D eigenvalue weighted by atomic mass is 16.5. The van der Waals surface area contributed by atoms with Gasteiger partial charge in [0, 0.05) is 44.7 Å². The van der Waals surface area contributed by atoms with Crippen molar-refractivity contribution in [2.75, 3.05) is 47.1 Å². The van der Waals surface area contributed by atoms with Crippen LogP contribution in [0, 0.1) is 0 Å². The molecule has 2 heterocycles. The topological polar surface area (TPSA) is 93.3 Å². The Bertz CT molecular complexity index is 1480. The first kappa shape index (κ1) is 30.8. The highest BCUT2D eigenvalue weighted by Gasteiger charge is 2.27. The summed E-state index contributed by atoms with van der Waals surface area (Å²) >= 11 is 0. The Morgan fingerprint density at radius 2 is 1.81 bits per heavy atom. The smallest absolute Gasteiger partial charge is 0.419 e. The Kier molecular flexibility index (Phi) is 11.3. The van der Waals surface area contributed by atoms with Gasteiger partial charge in [-0.1, -0.05) is 36.4 Å². The molecule has 43 heavy (non-hydrogen) atoms. The number of ether oxygens (including phenoxy) is 5. The van der Waals surface area contributed by atoms with Crippen LogP contribution in [0.4, 0.5) is 0 Å². The molecule has 2 atom stereocenters. The number of nitrogens with zero attached hydrogens (tertiary/aromatic N) is 1. The maximum Gasteiger partial charge on any atom is 0.419 e. The highest BCUT2D eigenvalue weighted by molar-refractivity contribution is 5.73. The quantitative estimate of drug-likeness (QED) is 0.176. The summed E-state index contributed by atoms with van der Waals surface area (Å²) < 4.78 is 35.8. The molecule has 5 rings (SSSR count). The third-order valence-electron chi connectivity index (χ3n) is 7.81. The monoisotopic (exact) mass is 590 g/mol. The first-order valence-corrected chi connectivity index (χ1v) is 15.0. The van der Waals surface area contributed by atoms with Crippen LogP contribution in [-0.2, 0) is 34.0 Å². The number of fused-ring (bicyclic) bond motifs is 1. The first-order valence-electron chi connectivity index (χ1n) is 15.0. The zero-order chi connectivity index (χ0) is 29.9. The van der Waals surface area contributed by atoms with Crippen LogP contribution >= 0.6 is 0 Å². The van der Waals surface area contributed by atoms with Gasteiger partial charge in [-0.25, -0.2) is 4.79 Å². The zero-order valence-corrected chi connectivity index (χ0v) is 25.1. The summed E-state index contributed by atoms with van der Waals surface area (Å²) in [5, 5.41) is 3.47. The Morgan fingerprint density at radius 1 is 0.953 bits per heavy atom. The van der Waals surface area contributed by atoms with E-state index in [9.17, 15) is 4.79 Å². The number of aromatic nitrogens is 1. The molecule has 0 bridgehead atoms. The molecule has 0 aliphatic carbocycles. The van der Waals surface area contributed by atoms with E-state index < -0.39 is 0 Å². The molecule has 1 aromatic heterocycles. The molecule has 0 radical (unpaired) electrons. The highest BCUT2D eigenvalue weighted by Crippen LogP contribution is 2.30. The lowest BCUT2D eigenvalue weighted by Crippen LogP contribution is -2.40. The maximum atomic E-state index is 12.3. The molecule has 9 heteroatoms. The van der Waals surface area contributed by atoms with Gasteiger partial charge < -0.3 is 33.4 Å². The molecule has 1 N–H and O–H groups in total. The number of para-hydroxylation sites is 1. The van der Waals surface area contributed by atoms with E-state index in [-0.39, 0.29) is 17.8 Å². The van der Waals surface area contributed by atoms with E-state index in [0.717, 1.165) is 60.5 Å². The number of hydrogen-bond acceptors (Lipinski definition) is 8. The summed E-state index contributed by atoms with van der Waals surface area (Å²) in [4.78, 5) is 12.3. The van der Waals surface area contributed by atoms with Crippen LogP contribution < -0.4 is 20.5 Å². The second kappa shape index (κ2) is 15.7. The van der Waals surface area contributed by atoms with Gasteiger partial charge in [0.05, 0.1) is 45.2 Å². The lowest BCUT2D eigenvalue weighted by Gasteiger charge is -2.32. The molecule has 1 saturated heterocycles. The van der Waals surface area contributed by atoms with Crippen molar-refractivity contribution in [1.82, 2.24) is 9.88 Å². The lowest BCUT2D eigenvalue weighted by molar-refractivity contribution is 0.0106. The largest absolute Gasteiger partial charge is 0.496 e. The second-order valence-corrected chi connectivity index (χ2v) is 10.8. The molecule has 1 aliphatic rings. The minimum Gasteiger partial charge on any atom is -0.496 e. The summed E-state index contributed by atoms with van der Waals surface area (Å²) in [6.45, 7) is 5.05. The van der Waals surface area contributed by atoms with Crippen molar-refractivity contribution in [3.63, 3.8) is 0 Å². The van der Waals surface area contributed by atoms with Gasteiger partial charge in [-0.3, -0.25) is 4.57 Å². The normalized spacial score (nSPS) is 16.9. The van der Waals surface area contributed by atoms with E-state index in [2.05, 4.69) is 17.4 Å². The number of methoxy groups -OCH3 is 2. The van der Waals surface area contributed by atoms with Crippen molar-refractivity contribution in [3.8, 4) is 11.5 Å². The van der Waals surface area contributed by atoms with Gasteiger partial charge in [0.25, 0.3) is 0 Å². The molecule has 0 amide bonds. The average Bonchev–Trinajstić information content (AvgIpc) is 3.36. The number of oxazole rings is 1. The molecule has 1 fully saturated rings. The van der Waals surface area contributed by atoms with Crippen molar-refractivity contribution in [3.05, 3.63) is 94.0 Å². The van der Waals surface area contributed by atoms with Crippen LogP contribution in [0.2, 0.25) is 0 Å². The third kappa shape index (κ3) is 8.26. The molecular formula is C34H42N2O7. The van der Waals surface area contributed by atoms with E-state index in [1.165, 1.54) is 5.56 Å². The van der Waals surface area contributed by atoms with Crippen molar-refractivity contribution >= 4 is 11.1 Å². The molecule has 9 nitrogen and oxygen atoms in total. The van der Waals surface area contributed by atoms with E-state index in [1.807, 2.05) is 54.6 Å². The predicted molar refractivity (Wildman–Crippen MR) is 165 cm³/mol. The Labute approximate surface area is 252 Å². The van der Waals surface area contributed by atoms with Crippen molar-refractivity contribution in [2.45, 2.75) is 51.0 Å². The Balaban J connectivity index is 1.10. The predicted octanol–water partition coefficient (Wildman–Crippen LogP) is 5.29. The number of nitrogens with one attached hydrogen (secondary N) is 1. The summed E-state index contributed by atoms with van der Waals surface area (Å²) in [6.07, 6.45) is 2.57. The fourth-order valence-corrected chi connectivity index (χ4v) is 5.53. The first-order chi connectivity index (χ1) is 21.2. The SMILES string of the molecule is COCCCn1c(=O)oc2ccc(COC3CNCCC3c3ccc(OCCCOCc4ccccc4OC)cc3)cc21. The van der Waals surface area contributed by atoms with Crippen molar-refractivity contribution in [2.24, 2.45) is 0 Å². The molecule has 0 spiro atoms. The molecule has 2 unspecified atom stereocenters. The van der Waals surface area contributed by atoms with E-state index in [1.54, 1.807) is 18.8 Å². The average molecular weight is 591 g/mol. The van der Waals surface area contributed by atoms with Gasteiger partial charge in [0.2, 0.25) is 0 Å². The van der Waals surface area contributed by atoms with Gasteiger partial charge in [0.1, 0.15) is 11.5 Å². The van der Waals surface area contributed by atoms with Crippen LogP contribution in [0.5, 0.6) is 11.5 Å². The van der Waals surface area contributed by atoms with Gasteiger partial charge >= 0.3 is 5.76 Å². The van der Waals surface area contributed by atoms with E-state index in [4.69, 9.17) is 28.1 Å². The molecular weight excluding hydrogens is 548 g/mol. The molecule has 230 valence electrons. The maximum absolute atomic E-state index is 12.3. The minimum atomic E-state index is -0.342. The van der Waals surface area contributed by atoms with Crippen LogP contribution in [-0.4, -0.2) is 57.8 Å². The van der Waals surface area contributed by atoms with Crippen molar-refractivity contribution < 1.29 is 28.1 Å². The summed E-state index contributed by atoms with van der Waals surface area (Å²) in [5.41, 5.74) is 4.68. The lowest BCUT2D eigenvalue weighted by atomic mass is 9.87. The van der Waals surface area contributed by atoms with Crippen LogP contribution in [0.25, 0.3) is 11.1 Å². The van der Waals surface area contributed by atoms with E-state index in [0.29, 0.717) is 45.2 Å². The third-order valence-corrected chi connectivity index (χ3v) is 7.81. The molecule has 4 aromatic rings.